The number of rotatable bonds is 6. The average Bonchev–Trinajstić information content (AvgIpc) is 3.25. The number of amides is 3. The van der Waals surface area contributed by atoms with Crippen LogP contribution in [0.5, 0.6) is 0 Å². The Hall–Kier alpha value is -2.41. The predicted octanol–water partition coefficient (Wildman–Crippen LogP) is 1.15. The van der Waals surface area contributed by atoms with Crippen molar-refractivity contribution >= 4 is 17.7 Å². The Morgan fingerprint density at radius 2 is 2.04 bits per heavy atom. The van der Waals surface area contributed by atoms with E-state index in [9.17, 15) is 14.4 Å². The highest BCUT2D eigenvalue weighted by atomic mass is 16.5. The van der Waals surface area contributed by atoms with Gasteiger partial charge < -0.3 is 20.3 Å². The summed E-state index contributed by atoms with van der Waals surface area (Å²) in [5.41, 5.74) is 1.31. The minimum atomic E-state index is -0.649. The Bertz CT molecular complexity index is 755. The van der Waals surface area contributed by atoms with E-state index in [0.717, 1.165) is 37.9 Å². The van der Waals surface area contributed by atoms with Gasteiger partial charge in [-0.3, -0.25) is 14.4 Å². The highest BCUT2D eigenvalue weighted by molar-refractivity contribution is 6.05. The number of nitrogens with one attached hydrogen (secondary N) is 2. The number of nitrogens with zero attached hydrogens (tertiary/aromatic N) is 1. The van der Waals surface area contributed by atoms with Crippen LogP contribution in [-0.4, -0.2) is 54.0 Å². The number of hydrogen-bond acceptors (Lipinski definition) is 4. The molecule has 2 aliphatic heterocycles. The van der Waals surface area contributed by atoms with Gasteiger partial charge in [-0.05, 0) is 44.2 Å². The Morgan fingerprint density at radius 3 is 2.74 bits per heavy atom. The highest BCUT2D eigenvalue weighted by Gasteiger charge is 2.47. The van der Waals surface area contributed by atoms with E-state index < -0.39 is 6.04 Å². The average molecular weight is 371 g/mol. The summed E-state index contributed by atoms with van der Waals surface area (Å²) in [5.74, 6) is -0.647. The SMILES string of the molecule is C[C@H](NC(=O)CNC(=O)[C@@H]1c2ccccc2C(=O)N1C1CC1)[C@@H]1CCCO1. The van der Waals surface area contributed by atoms with Crippen LogP contribution in [0.1, 0.15) is 54.6 Å². The lowest BCUT2D eigenvalue weighted by atomic mass is 10.0. The van der Waals surface area contributed by atoms with Gasteiger partial charge in [-0.2, -0.15) is 0 Å². The van der Waals surface area contributed by atoms with Gasteiger partial charge in [0.2, 0.25) is 11.8 Å². The van der Waals surface area contributed by atoms with Crippen molar-refractivity contribution < 1.29 is 19.1 Å². The predicted molar refractivity (Wildman–Crippen MR) is 98.0 cm³/mol. The van der Waals surface area contributed by atoms with E-state index in [1.165, 1.54) is 0 Å². The fourth-order valence-electron chi connectivity index (χ4n) is 3.99. The van der Waals surface area contributed by atoms with Crippen LogP contribution < -0.4 is 10.6 Å². The third-order valence-corrected chi connectivity index (χ3v) is 5.52. The van der Waals surface area contributed by atoms with Crippen molar-refractivity contribution in [1.29, 1.82) is 0 Å². The van der Waals surface area contributed by atoms with Crippen molar-refractivity contribution in [1.82, 2.24) is 15.5 Å². The molecule has 4 rings (SSSR count). The lowest BCUT2D eigenvalue weighted by Crippen LogP contribution is -2.47. The van der Waals surface area contributed by atoms with Crippen LogP contribution >= 0.6 is 0 Å². The number of carbonyl (C=O) groups excluding carboxylic acids is 3. The Morgan fingerprint density at radius 1 is 1.26 bits per heavy atom. The fraction of sp³-hybridized carbons (Fsp3) is 0.550. The van der Waals surface area contributed by atoms with Crippen LogP contribution in [-0.2, 0) is 14.3 Å². The molecule has 7 nitrogen and oxygen atoms in total. The van der Waals surface area contributed by atoms with Crippen LogP contribution in [0.15, 0.2) is 24.3 Å². The van der Waals surface area contributed by atoms with Crippen LogP contribution in [0.2, 0.25) is 0 Å². The van der Waals surface area contributed by atoms with Gasteiger partial charge in [0.1, 0.15) is 6.04 Å². The van der Waals surface area contributed by atoms with Crippen molar-refractivity contribution in [3.63, 3.8) is 0 Å². The normalized spacial score (nSPS) is 25.2. The highest BCUT2D eigenvalue weighted by Crippen LogP contribution is 2.41. The van der Waals surface area contributed by atoms with Crippen molar-refractivity contribution in [3.8, 4) is 0 Å². The van der Waals surface area contributed by atoms with E-state index in [1.807, 2.05) is 25.1 Å². The van der Waals surface area contributed by atoms with Gasteiger partial charge in [-0.25, -0.2) is 0 Å². The zero-order chi connectivity index (χ0) is 19.0. The maximum Gasteiger partial charge on any atom is 0.255 e. The van der Waals surface area contributed by atoms with Gasteiger partial charge in [0.25, 0.3) is 5.91 Å². The third kappa shape index (κ3) is 3.56. The maximum absolute atomic E-state index is 12.8. The number of benzene rings is 1. The zero-order valence-electron chi connectivity index (χ0n) is 15.4. The number of ether oxygens (including phenoxy) is 1. The standard InChI is InChI=1S/C20H25N3O4/c1-12(16-7-4-10-27-16)22-17(24)11-21-19(25)18-14-5-2-3-6-15(14)20(26)23(18)13-8-9-13/h2-3,5-6,12-13,16,18H,4,7-11H2,1H3,(H,21,25)(H,22,24)/t12-,16-,18-/m0/s1. The molecule has 0 unspecified atom stereocenters. The second kappa shape index (κ2) is 7.31. The summed E-state index contributed by atoms with van der Waals surface area (Å²) in [6.45, 7) is 2.53. The molecule has 2 N–H and O–H groups in total. The molecule has 3 atom stereocenters. The Labute approximate surface area is 158 Å². The van der Waals surface area contributed by atoms with Gasteiger partial charge >= 0.3 is 0 Å². The molecule has 7 heteroatoms. The third-order valence-electron chi connectivity index (χ3n) is 5.52. The molecule has 2 fully saturated rings. The molecule has 3 amide bonds. The smallest absolute Gasteiger partial charge is 0.255 e. The molecule has 1 saturated heterocycles. The van der Waals surface area contributed by atoms with Crippen molar-refractivity contribution in [2.45, 2.75) is 56.8 Å². The molecule has 1 aromatic carbocycles. The van der Waals surface area contributed by atoms with Crippen molar-refractivity contribution in [3.05, 3.63) is 35.4 Å². The van der Waals surface area contributed by atoms with Gasteiger partial charge in [0.05, 0.1) is 18.7 Å². The topological polar surface area (TPSA) is 87.7 Å². The van der Waals surface area contributed by atoms with Gasteiger partial charge in [-0.1, -0.05) is 18.2 Å². The monoisotopic (exact) mass is 371 g/mol. The largest absolute Gasteiger partial charge is 0.376 e. The summed E-state index contributed by atoms with van der Waals surface area (Å²) in [6, 6.07) is 6.60. The summed E-state index contributed by atoms with van der Waals surface area (Å²) in [6.07, 6.45) is 3.82. The van der Waals surface area contributed by atoms with E-state index in [4.69, 9.17) is 4.74 Å². The van der Waals surface area contributed by atoms with Crippen molar-refractivity contribution in [2.24, 2.45) is 0 Å². The molecule has 0 bridgehead atoms. The Kier molecular flexibility index (Phi) is 4.86. The first-order valence-electron chi connectivity index (χ1n) is 9.66. The van der Waals surface area contributed by atoms with Gasteiger partial charge in [0.15, 0.2) is 0 Å². The first-order valence-corrected chi connectivity index (χ1v) is 9.66. The summed E-state index contributed by atoms with van der Waals surface area (Å²) in [7, 11) is 0. The molecule has 3 aliphatic rings. The summed E-state index contributed by atoms with van der Waals surface area (Å²) in [4.78, 5) is 39.4. The maximum atomic E-state index is 12.8. The van der Waals surface area contributed by atoms with Crippen LogP contribution in [0.3, 0.4) is 0 Å². The first kappa shape index (κ1) is 18.0. The quantitative estimate of drug-likeness (QED) is 0.785. The van der Waals surface area contributed by atoms with Crippen LogP contribution in [0.25, 0.3) is 0 Å². The molecule has 1 saturated carbocycles. The lowest BCUT2D eigenvalue weighted by Gasteiger charge is -2.25. The first-order chi connectivity index (χ1) is 13.1. The molecule has 2 heterocycles. The minimum absolute atomic E-state index is 0.0364. The summed E-state index contributed by atoms with van der Waals surface area (Å²) in [5, 5.41) is 5.59. The number of hydrogen-bond donors (Lipinski definition) is 2. The molecule has 1 aliphatic carbocycles. The second-order valence-corrected chi connectivity index (χ2v) is 7.56. The van der Waals surface area contributed by atoms with Gasteiger partial charge in [-0.15, -0.1) is 0 Å². The molecular formula is C20H25N3O4. The van der Waals surface area contributed by atoms with E-state index in [1.54, 1.807) is 11.0 Å². The Balaban J connectivity index is 1.38. The molecule has 0 spiro atoms. The molecule has 0 aromatic heterocycles. The minimum Gasteiger partial charge on any atom is -0.376 e. The fourth-order valence-corrected chi connectivity index (χ4v) is 3.99. The van der Waals surface area contributed by atoms with E-state index in [-0.39, 0.29) is 42.5 Å². The van der Waals surface area contributed by atoms with E-state index in [0.29, 0.717) is 5.56 Å². The molecule has 0 radical (unpaired) electrons. The van der Waals surface area contributed by atoms with Crippen LogP contribution in [0, 0.1) is 0 Å². The number of fused-ring (bicyclic) bond motifs is 1. The molecule has 1 aromatic rings. The van der Waals surface area contributed by atoms with Crippen molar-refractivity contribution in [2.75, 3.05) is 13.2 Å². The summed E-state index contributed by atoms with van der Waals surface area (Å²) >= 11 is 0. The zero-order valence-corrected chi connectivity index (χ0v) is 15.4. The molecule has 27 heavy (non-hydrogen) atoms. The second-order valence-electron chi connectivity index (χ2n) is 7.56. The molecule has 144 valence electrons. The lowest BCUT2D eigenvalue weighted by molar-refractivity contribution is -0.129. The van der Waals surface area contributed by atoms with E-state index >= 15 is 0 Å². The van der Waals surface area contributed by atoms with Gasteiger partial charge in [0, 0.05) is 18.2 Å². The summed E-state index contributed by atoms with van der Waals surface area (Å²) < 4.78 is 5.57. The van der Waals surface area contributed by atoms with Crippen LogP contribution in [0.4, 0.5) is 0 Å². The molecular weight excluding hydrogens is 346 g/mol. The number of carbonyl (C=O) groups is 3. The van der Waals surface area contributed by atoms with E-state index in [2.05, 4.69) is 10.6 Å².